The van der Waals surface area contributed by atoms with E-state index in [9.17, 15) is 8.42 Å². The molecule has 0 bridgehead atoms. The first-order chi connectivity index (χ1) is 12.0. The van der Waals surface area contributed by atoms with Gasteiger partial charge in [0.25, 0.3) is 0 Å². The Morgan fingerprint density at radius 2 is 2.08 bits per heavy atom. The maximum Gasteiger partial charge on any atom is 0.214 e. The van der Waals surface area contributed by atoms with Crippen molar-refractivity contribution in [3.05, 3.63) is 35.4 Å². The summed E-state index contributed by atoms with van der Waals surface area (Å²) < 4.78 is 32.8. The molecule has 2 heterocycles. The first kappa shape index (κ1) is 17.5. The van der Waals surface area contributed by atoms with Gasteiger partial charge in [-0.2, -0.15) is 0 Å². The molecule has 4 rings (SSSR count). The van der Waals surface area contributed by atoms with Crippen molar-refractivity contribution < 1.29 is 13.2 Å². The second-order valence-corrected chi connectivity index (χ2v) is 10.0. The van der Waals surface area contributed by atoms with Crippen LogP contribution in [0, 0.1) is 12.8 Å². The number of sulfonamides is 1. The van der Waals surface area contributed by atoms with E-state index in [1.807, 2.05) is 0 Å². The van der Waals surface area contributed by atoms with Crippen molar-refractivity contribution in [1.29, 1.82) is 0 Å². The van der Waals surface area contributed by atoms with Crippen LogP contribution in [0.2, 0.25) is 0 Å². The van der Waals surface area contributed by atoms with E-state index in [-0.39, 0.29) is 10.9 Å². The molecule has 2 saturated heterocycles. The predicted molar refractivity (Wildman–Crippen MR) is 97.8 cm³/mol. The summed E-state index contributed by atoms with van der Waals surface area (Å²) in [5.74, 6) is 0.461. The molecule has 2 aliphatic heterocycles. The van der Waals surface area contributed by atoms with E-state index < -0.39 is 10.0 Å². The number of likely N-dealkylation sites (tertiary alicyclic amines) is 1. The largest absolute Gasteiger partial charge is 0.372 e. The van der Waals surface area contributed by atoms with E-state index in [1.165, 1.54) is 11.1 Å². The van der Waals surface area contributed by atoms with Gasteiger partial charge in [0.15, 0.2) is 0 Å². The molecule has 1 aromatic rings. The van der Waals surface area contributed by atoms with Crippen LogP contribution in [0.1, 0.15) is 36.8 Å². The lowest BCUT2D eigenvalue weighted by Crippen LogP contribution is -2.64. The Labute approximate surface area is 150 Å². The summed E-state index contributed by atoms with van der Waals surface area (Å²) >= 11 is 0. The van der Waals surface area contributed by atoms with Gasteiger partial charge in [0, 0.05) is 32.8 Å². The number of benzene rings is 1. The van der Waals surface area contributed by atoms with Crippen LogP contribution in [-0.4, -0.2) is 50.4 Å². The van der Waals surface area contributed by atoms with Gasteiger partial charge in [-0.15, -0.1) is 0 Å². The minimum Gasteiger partial charge on any atom is -0.372 e. The fourth-order valence-electron chi connectivity index (χ4n) is 4.31. The molecule has 0 radical (unpaired) electrons. The number of nitrogens with zero attached hydrogens (tertiary/aromatic N) is 1. The highest BCUT2D eigenvalue weighted by Gasteiger charge is 2.52. The topological polar surface area (TPSA) is 58.6 Å². The SMILES string of the molecule is Cc1cccc(CN2CC3(C2)OCC[C@@H]3CCNS(=O)(=O)C2CC2)c1. The molecule has 6 heteroatoms. The zero-order valence-electron chi connectivity index (χ0n) is 14.9. The molecule has 1 aliphatic carbocycles. The standard InChI is InChI=1S/C19H28N2O3S/c1-15-3-2-4-16(11-15)12-21-13-19(14-21)17(8-10-24-19)7-9-20-25(22,23)18-5-6-18/h2-4,11,17-18,20H,5-10,12-14H2,1H3/t17-/m0/s1. The third-order valence-electron chi connectivity index (χ3n) is 5.83. The second-order valence-electron chi connectivity index (χ2n) is 7.96. The van der Waals surface area contributed by atoms with E-state index in [4.69, 9.17) is 4.74 Å². The molecule has 25 heavy (non-hydrogen) atoms. The van der Waals surface area contributed by atoms with Crippen LogP contribution in [0.4, 0.5) is 0 Å². The van der Waals surface area contributed by atoms with E-state index in [0.29, 0.717) is 12.5 Å². The van der Waals surface area contributed by atoms with Gasteiger partial charge < -0.3 is 4.74 Å². The Bertz CT molecular complexity index is 724. The van der Waals surface area contributed by atoms with Crippen molar-refractivity contribution >= 4 is 10.0 Å². The summed E-state index contributed by atoms with van der Waals surface area (Å²) in [4.78, 5) is 2.43. The van der Waals surface area contributed by atoms with E-state index >= 15 is 0 Å². The van der Waals surface area contributed by atoms with Crippen molar-refractivity contribution in [2.24, 2.45) is 5.92 Å². The summed E-state index contributed by atoms with van der Waals surface area (Å²) in [7, 11) is -3.06. The molecule has 1 aromatic carbocycles. The van der Waals surface area contributed by atoms with Crippen LogP contribution in [0.25, 0.3) is 0 Å². The average molecular weight is 365 g/mol. The Balaban J connectivity index is 1.27. The monoisotopic (exact) mass is 364 g/mol. The second kappa shape index (κ2) is 6.65. The van der Waals surface area contributed by atoms with Gasteiger partial charge in [0.1, 0.15) is 0 Å². The van der Waals surface area contributed by atoms with Crippen LogP contribution in [0.15, 0.2) is 24.3 Å². The first-order valence-corrected chi connectivity index (χ1v) is 10.9. The minimum atomic E-state index is -3.06. The molecule has 1 saturated carbocycles. The van der Waals surface area contributed by atoms with Gasteiger partial charge in [0.05, 0.1) is 10.9 Å². The number of nitrogens with one attached hydrogen (secondary N) is 1. The summed E-state index contributed by atoms with van der Waals surface area (Å²) in [6, 6.07) is 8.66. The number of hydrogen-bond acceptors (Lipinski definition) is 4. The van der Waals surface area contributed by atoms with E-state index in [2.05, 4.69) is 40.8 Å². The number of aryl methyl sites for hydroxylation is 1. The Hall–Kier alpha value is -0.950. The van der Waals surface area contributed by atoms with E-state index in [0.717, 1.165) is 51.9 Å². The van der Waals surface area contributed by atoms with Gasteiger partial charge in [-0.05, 0) is 44.1 Å². The molecule has 5 nitrogen and oxygen atoms in total. The normalized spacial score (nSPS) is 26.0. The molecular weight excluding hydrogens is 336 g/mol. The van der Waals surface area contributed by atoms with Gasteiger partial charge in [0.2, 0.25) is 10.0 Å². The summed E-state index contributed by atoms with van der Waals surface area (Å²) in [5, 5.41) is -0.130. The number of hydrogen-bond donors (Lipinski definition) is 1. The van der Waals surface area contributed by atoms with E-state index in [1.54, 1.807) is 0 Å². The molecular formula is C19H28N2O3S. The molecule has 3 aliphatic rings. The molecule has 3 fully saturated rings. The highest BCUT2D eigenvalue weighted by Crippen LogP contribution is 2.42. The number of rotatable bonds is 7. The van der Waals surface area contributed by atoms with Crippen LogP contribution in [-0.2, 0) is 21.3 Å². The van der Waals surface area contributed by atoms with Gasteiger partial charge in [-0.25, -0.2) is 13.1 Å². The maximum atomic E-state index is 11.9. The van der Waals surface area contributed by atoms with Crippen molar-refractivity contribution in [3.63, 3.8) is 0 Å². The minimum absolute atomic E-state index is 0.0468. The molecule has 138 valence electrons. The van der Waals surface area contributed by atoms with Crippen molar-refractivity contribution in [2.75, 3.05) is 26.2 Å². The van der Waals surface area contributed by atoms with Crippen LogP contribution >= 0.6 is 0 Å². The quantitative estimate of drug-likeness (QED) is 0.805. The average Bonchev–Trinajstić information content (AvgIpc) is 3.30. The molecule has 1 atom stereocenters. The van der Waals surface area contributed by atoms with Crippen LogP contribution < -0.4 is 4.72 Å². The van der Waals surface area contributed by atoms with Gasteiger partial charge in [-0.1, -0.05) is 29.8 Å². The van der Waals surface area contributed by atoms with Crippen molar-refractivity contribution in [2.45, 2.75) is 50.0 Å². The Morgan fingerprint density at radius 1 is 1.28 bits per heavy atom. The summed E-state index contributed by atoms with van der Waals surface area (Å²) in [5.41, 5.74) is 2.60. The first-order valence-electron chi connectivity index (χ1n) is 9.37. The predicted octanol–water partition coefficient (Wildman–Crippen LogP) is 2.06. The zero-order valence-corrected chi connectivity index (χ0v) is 15.7. The molecule has 0 aromatic heterocycles. The fourth-order valence-corrected chi connectivity index (χ4v) is 5.70. The third kappa shape index (κ3) is 3.77. The Kier molecular flexibility index (Phi) is 4.65. The van der Waals surface area contributed by atoms with Crippen LogP contribution in [0.3, 0.4) is 0 Å². The van der Waals surface area contributed by atoms with Gasteiger partial charge in [-0.3, -0.25) is 4.90 Å². The molecule has 0 unspecified atom stereocenters. The maximum absolute atomic E-state index is 11.9. The lowest BCUT2D eigenvalue weighted by Gasteiger charge is -2.50. The van der Waals surface area contributed by atoms with Gasteiger partial charge >= 0.3 is 0 Å². The highest BCUT2D eigenvalue weighted by molar-refractivity contribution is 7.90. The summed E-state index contributed by atoms with van der Waals surface area (Å²) in [6.45, 7) is 6.36. The zero-order chi connectivity index (χ0) is 17.5. The Morgan fingerprint density at radius 3 is 2.80 bits per heavy atom. The smallest absolute Gasteiger partial charge is 0.214 e. The van der Waals surface area contributed by atoms with Crippen molar-refractivity contribution in [1.82, 2.24) is 9.62 Å². The fraction of sp³-hybridized carbons (Fsp3) is 0.684. The third-order valence-corrected chi connectivity index (χ3v) is 7.79. The lowest BCUT2D eigenvalue weighted by molar-refractivity contribution is -0.136. The lowest BCUT2D eigenvalue weighted by atomic mass is 9.79. The van der Waals surface area contributed by atoms with Crippen LogP contribution in [0.5, 0.6) is 0 Å². The van der Waals surface area contributed by atoms with Crippen molar-refractivity contribution in [3.8, 4) is 0 Å². The highest BCUT2D eigenvalue weighted by atomic mass is 32.2. The molecule has 1 N–H and O–H groups in total. The number of ether oxygens (including phenoxy) is 1. The molecule has 0 amide bonds. The molecule has 1 spiro atoms. The summed E-state index contributed by atoms with van der Waals surface area (Å²) in [6.07, 6.45) is 3.56.